The van der Waals surface area contributed by atoms with Crippen molar-refractivity contribution in [1.29, 1.82) is 0 Å². The number of hydrogen-bond acceptors (Lipinski definition) is 4. The normalized spacial score (nSPS) is 42.7. The molecule has 3 rings (SSSR count). The van der Waals surface area contributed by atoms with Gasteiger partial charge in [0.05, 0.1) is 16.2 Å². The lowest BCUT2D eigenvalue weighted by Gasteiger charge is -2.36. The zero-order valence-corrected chi connectivity index (χ0v) is 13.6. The van der Waals surface area contributed by atoms with E-state index in [0.29, 0.717) is 10.9 Å². The molecule has 1 aliphatic heterocycles. The van der Waals surface area contributed by atoms with Crippen molar-refractivity contribution >= 4 is 39.1 Å². The van der Waals surface area contributed by atoms with Gasteiger partial charge in [-0.2, -0.15) is 0 Å². The van der Waals surface area contributed by atoms with Gasteiger partial charge in [0.2, 0.25) is 11.6 Å². The molecule has 4 nitrogen and oxygen atoms in total. The predicted molar refractivity (Wildman–Crippen MR) is 76.2 cm³/mol. The number of carbonyl (C=O) groups excluding carboxylic acids is 2. The van der Waals surface area contributed by atoms with E-state index in [1.807, 2.05) is 0 Å². The minimum Gasteiger partial charge on any atom is -0.358 e. The number of allylic oxidation sites excluding steroid dienone is 3. The molecule has 1 N–H and O–H groups in total. The second-order valence-electron chi connectivity index (χ2n) is 6.06. The number of hydrogen-bond donors (Lipinski definition) is 1. The predicted octanol–water partition coefficient (Wildman–Crippen LogP) is 2.43. The summed E-state index contributed by atoms with van der Waals surface area (Å²) in [6, 6.07) is 0. The van der Waals surface area contributed by atoms with Crippen molar-refractivity contribution in [1.82, 2.24) is 0 Å². The van der Waals surface area contributed by atoms with E-state index >= 15 is 0 Å². The fraction of sp³-hybridized carbons (Fsp3) is 0.571. The Morgan fingerprint density at radius 1 is 1.45 bits per heavy atom. The highest BCUT2D eigenvalue weighted by molar-refractivity contribution is 9.12. The van der Waals surface area contributed by atoms with Crippen molar-refractivity contribution in [2.75, 3.05) is 0 Å². The SMILES string of the molecule is C/C=C(/Br)C1=C(Cl)C(=O)[C@@]23C[C@@H]2C(C)(C)O[C@]3(O)C1=O. The van der Waals surface area contributed by atoms with Gasteiger partial charge in [0.15, 0.2) is 5.78 Å². The molecule has 0 amide bonds. The van der Waals surface area contributed by atoms with Crippen LogP contribution in [0.1, 0.15) is 27.2 Å². The minimum atomic E-state index is -2.10. The van der Waals surface area contributed by atoms with Crippen LogP contribution in [0.5, 0.6) is 0 Å². The first-order valence-electron chi connectivity index (χ1n) is 6.37. The molecule has 20 heavy (non-hydrogen) atoms. The molecule has 0 bridgehead atoms. The summed E-state index contributed by atoms with van der Waals surface area (Å²) < 4.78 is 5.98. The first kappa shape index (κ1) is 14.4. The number of halogens is 2. The highest BCUT2D eigenvalue weighted by atomic mass is 79.9. The molecule has 1 saturated carbocycles. The van der Waals surface area contributed by atoms with Crippen molar-refractivity contribution in [2.24, 2.45) is 11.3 Å². The number of carbonyl (C=O) groups is 2. The Bertz CT molecular complexity index is 621. The maximum absolute atomic E-state index is 12.7. The molecule has 2 aliphatic carbocycles. The van der Waals surface area contributed by atoms with E-state index in [4.69, 9.17) is 16.3 Å². The summed E-state index contributed by atoms with van der Waals surface area (Å²) in [6.45, 7) is 5.26. The molecule has 3 atom stereocenters. The summed E-state index contributed by atoms with van der Waals surface area (Å²) >= 11 is 9.32. The summed E-state index contributed by atoms with van der Waals surface area (Å²) in [5.41, 5.74) is -1.93. The second kappa shape index (κ2) is 3.83. The number of aliphatic hydroxyl groups is 1. The number of rotatable bonds is 1. The van der Waals surface area contributed by atoms with Gasteiger partial charge in [-0.1, -0.05) is 33.6 Å². The van der Waals surface area contributed by atoms with Crippen LogP contribution in [0.4, 0.5) is 0 Å². The summed E-state index contributed by atoms with van der Waals surface area (Å²) in [6.07, 6.45) is 2.03. The first-order valence-corrected chi connectivity index (χ1v) is 7.54. The molecule has 108 valence electrons. The molecule has 0 aromatic rings. The topological polar surface area (TPSA) is 63.6 Å². The third-order valence-corrected chi connectivity index (χ3v) is 5.88. The van der Waals surface area contributed by atoms with Crippen molar-refractivity contribution in [3.8, 4) is 0 Å². The van der Waals surface area contributed by atoms with Crippen LogP contribution in [0.3, 0.4) is 0 Å². The Balaban J connectivity index is 2.23. The Labute approximate surface area is 129 Å². The van der Waals surface area contributed by atoms with E-state index in [9.17, 15) is 14.7 Å². The van der Waals surface area contributed by atoms with E-state index < -0.39 is 28.4 Å². The van der Waals surface area contributed by atoms with Crippen molar-refractivity contribution < 1.29 is 19.4 Å². The van der Waals surface area contributed by atoms with Crippen molar-refractivity contribution in [3.63, 3.8) is 0 Å². The molecular weight excluding hydrogens is 348 g/mol. The van der Waals surface area contributed by atoms with Crippen LogP contribution in [-0.4, -0.2) is 28.1 Å². The van der Waals surface area contributed by atoms with Gasteiger partial charge < -0.3 is 9.84 Å². The fourth-order valence-corrected chi connectivity index (χ4v) is 4.46. The van der Waals surface area contributed by atoms with Crippen LogP contribution in [0.15, 0.2) is 21.2 Å². The van der Waals surface area contributed by atoms with Crippen LogP contribution in [-0.2, 0) is 14.3 Å². The molecule has 3 aliphatic rings. The summed E-state index contributed by atoms with van der Waals surface area (Å²) in [5, 5.41) is 10.7. The lowest BCUT2D eigenvalue weighted by molar-refractivity contribution is -0.239. The van der Waals surface area contributed by atoms with Gasteiger partial charge >= 0.3 is 0 Å². The Hall–Kier alpha value is -0.490. The summed E-state index contributed by atoms with van der Waals surface area (Å²) in [5.74, 6) is -3.32. The fourth-order valence-electron chi connectivity index (χ4n) is 3.61. The van der Waals surface area contributed by atoms with Crippen LogP contribution in [0.2, 0.25) is 0 Å². The van der Waals surface area contributed by atoms with Crippen molar-refractivity contribution in [2.45, 2.75) is 38.6 Å². The smallest absolute Gasteiger partial charge is 0.245 e. The summed E-state index contributed by atoms with van der Waals surface area (Å²) in [4.78, 5) is 25.3. The van der Waals surface area contributed by atoms with Crippen molar-refractivity contribution in [3.05, 3.63) is 21.2 Å². The molecule has 0 unspecified atom stereocenters. The number of Topliss-reactive ketones (excluding diaryl/α,β-unsaturated/α-hetero) is 2. The molecule has 6 heteroatoms. The Morgan fingerprint density at radius 2 is 2.05 bits per heavy atom. The van der Waals surface area contributed by atoms with Crippen LogP contribution in [0, 0.1) is 11.3 Å². The van der Waals surface area contributed by atoms with E-state index in [1.165, 1.54) is 0 Å². The molecule has 0 aromatic carbocycles. The molecule has 1 spiro atoms. The number of ether oxygens (including phenoxy) is 1. The quantitative estimate of drug-likeness (QED) is 0.779. The molecule has 2 fully saturated rings. The molecular formula is C14H14BrClO4. The lowest BCUT2D eigenvalue weighted by Crippen LogP contribution is -2.55. The summed E-state index contributed by atoms with van der Waals surface area (Å²) in [7, 11) is 0. The van der Waals surface area contributed by atoms with Gasteiger partial charge in [-0.3, -0.25) is 9.59 Å². The highest BCUT2D eigenvalue weighted by Gasteiger charge is 2.85. The van der Waals surface area contributed by atoms with Gasteiger partial charge in [-0.05, 0) is 27.2 Å². The zero-order valence-electron chi connectivity index (χ0n) is 11.3. The van der Waals surface area contributed by atoms with Gasteiger partial charge in [0, 0.05) is 10.4 Å². The van der Waals surface area contributed by atoms with Crippen LogP contribution < -0.4 is 0 Å². The van der Waals surface area contributed by atoms with Crippen LogP contribution in [0.25, 0.3) is 0 Å². The molecule has 1 saturated heterocycles. The third kappa shape index (κ3) is 1.35. The average Bonchev–Trinajstić information content (AvgIpc) is 3.09. The number of ketones is 2. The lowest BCUT2D eigenvalue weighted by atomic mass is 9.77. The Kier molecular flexibility index (Phi) is 2.76. The average molecular weight is 362 g/mol. The van der Waals surface area contributed by atoms with Gasteiger partial charge in [-0.25, -0.2) is 0 Å². The van der Waals surface area contributed by atoms with E-state index in [2.05, 4.69) is 15.9 Å². The van der Waals surface area contributed by atoms with E-state index in [-0.39, 0.29) is 16.5 Å². The first-order chi connectivity index (χ1) is 9.13. The Morgan fingerprint density at radius 3 is 2.55 bits per heavy atom. The van der Waals surface area contributed by atoms with E-state index in [1.54, 1.807) is 26.8 Å². The maximum atomic E-state index is 12.7. The van der Waals surface area contributed by atoms with Gasteiger partial charge in [0.1, 0.15) is 5.41 Å². The molecule has 0 radical (unpaired) electrons. The minimum absolute atomic E-state index is 0.00404. The molecule has 0 aromatic heterocycles. The third-order valence-electron chi connectivity index (χ3n) is 4.67. The largest absolute Gasteiger partial charge is 0.358 e. The van der Waals surface area contributed by atoms with Gasteiger partial charge in [-0.15, -0.1) is 0 Å². The zero-order chi connectivity index (χ0) is 15.1. The monoisotopic (exact) mass is 360 g/mol. The second-order valence-corrected chi connectivity index (χ2v) is 7.29. The van der Waals surface area contributed by atoms with E-state index in [0.717, 1.165) is 0 Å². The van der Waals surface area contributed by atoms with Gasteiger partial charge in [0.25, 0.3) is 0 Å². The highest BCUT2D eigenvalue weighted by Crippen LogP contribution is 2.74. The van der Waals surface area contributed by atoms with Crippen LogP contribution >= 0.6 is 27.5 Å². The molecule has 1 heterocycles. The maximum Gasteiger partial charge on any atom is 0.245 e. The standard InChI is InChI=1S/C14H14BrClO4/c1-4-6(15)8-9(16)11(18)13-5-7(13)12(2,3)20-14(13,19)10(8)17/h4,7,19H,5H2,1-3H3/b6-4+/t7-,13-,14-/m1/s1.